The second-order valence-electron chi connectivity index (χ2n) is 5.64. The highest BCUT2D eigenvalue weighted by atomic mass is 32.1. The van der Waals surface area contributed by atoms with Crippen molar-refractivity contribution in [3.05, 3.63) is 70.8 Å². The normalized spacial score (nSPS) is 12.1. The average molecular weight is 350 g/mol. The number of furan rings is 1. The van der Waals surface area contributed by atoms with Crippen molar-refractivity contribution in [2.45, 2.75) is 6.54 Å². The van der Waals surface area contributed by atoms with Crippen LogP contribution in [0.1, 0.15) is 0 Å². The largest absolute Gasteiger partial charge is 0.454 e. The molecular formula is C20H18N2O2S. The lowest BCUT2D eigenvalue weighted by atomic mass is 10.2. The van der Waals surface area contributed by atoms with E-state index in [-0.39, 0.29) is 0 Å². The fourth-order valence-corrected chi connectivity index (χ4v) is 3.67. The highest BCUT2D eigenvalue weighted by molar-refractivity contribution is 7.07. The van der Waals surface area contributed by atoms with Gasteiger partial charge >= 0.3 is 0 Å². The van der Waals surface area contributed by atoms with Crippen LogP contribution in [0.2, 0.25) is 0 Å². The molecule has 2 aromatic heterocycles. The molecule has 2 heterocycles. The van der Waals surface area contributed by atoms with Gasteiger partial charge in [0.1, 0.15) is 5.58 Å². The maximum atomic E-state index is 6.04. The highest BCUT2D eigenvalue weighted by Crippen LogP contribution is 2.28. The number of fused-ring (bicyclic) bond motifs is 1. The van der Waals surface area contributed by atoms with E-state index in [1.807, 2.05) is 48.5 Å². The van der Waals surface area contributed by atoms with Gasteiger partial charge in [-0.05, 0) is 24.3 Å². The predicted octanol–water partition coefficient (Wildman–Crippen LogP) is 4.84. The summed E-state index contributed by atoms with van der Waals surface area (Å²) in [6.45, 7) is 1.34. The highest BCUT2D eigenvalue weighted by Gasteiger charge is 2.12. The lowest BCUT2D eigenvalue weighted by molar-refractivity contribution is 0.187. The zero-order valence-electron chi connectivity index (χ0n) is 13.9. The zero-order valence-corrected chi connectivity index (χ0v) is 14.7. The summed E-state index contributed by atoms with van der Waals surface area (Å²) in [5.74, 6) is 0.850. The molecule has 0 saturated heterocycles. The first-order chi connectivity index (χ1) is 12.3. The van der Waals surface area contributed by atoms with Crippen LogP contribution in [-0.2, 0) is 11.3 Å². The van der Waals surface area contributed by atoms with Crippen molar-refractivity contribution < 1.29 is 9.15 Å². The molecule has 4 rings (SSSR count). The van der Waals surface area contributed by atoms with Crippen LogP contribution < -0.4 is 4.80 Å². The lowest BCUT2D eigenvalue weighted by Gasteiger charge is -2.06. The molecule has 25 heavy (non-hydrogen) atoms. The number of nitrogens with zero attached hydrogens (tertiary/aromatic N) is 2. The minimum Gasteiger partial charge on any atom is -0.454 e. The number of hydrogen-bond donors (Lipinski definition) is 0. The topological polar surface area (TPSA) is 39.7 Å². The van der Waals surface area contributed by atoms with Crippen LogP contribution in [0.5, 0.6) is 0 Å². The summed E-state index contributed by atoms with van der Waals surface area (Å²) in [7, 11) is 1.71. The standard InChI is InChI=1S/C20H18N2O2S/c1-23-12-11-22-17(19-13-15-7-5-6-10-18(15)24-19)14-25-20(22)21-16-8-3-2-4-9-16/h2-10,13-14H,11-12H2,1H3. The fourth-order valence-electron chi connectivity index (χ4n) is 2.74. The molecule has 0 aliphatic heterocycles. The van der Waals surface area contributed by atoms with Gasteiger partial charge in [-0.25, -0.2) is 4.99 Å². The minimum absolute atomic E-state index is 0.617. The molecule has 0 aliphatic rings. The Morgan fingerprint density at radius 3 is 2.68 bits per heavy atom. The van der Waals surface area contributed by atoms with E-state index in [1.165, 1.54) is 0 Å². The zero-order chi connectivity index (χ0) is 17.1. The van der Waals surface area contributed by atoms with E-state index in [4.69, 9.17) is 14.1 Å². The first kappa shape index (κ1) is 15.9. The van der Waals surface area contributed by atoms with E-state index >= 15 is 0 Å². The smallest absolute Gasteiger partial charge is 0.190 e. The molecule has 0 saturated carbocycles. The van der Waals surface area contributed by atoms with E-state index in [2.05, 4.69) is 22.1 Å². The van der Waals surface area contributed by atoms with Gasteiger partial charge in [-0.2, -0.15) is 0 Å². The molecule has 126 valence electrons. The Kier molecular flexibility index (Phi) is 4.50. The van der Waals surface area contributed by atoms with Crippen LogP contribution in [0.3, 0.4) is 0 Å². The van der Waals surface area contributed by atoms with Gasteiger partial charge in [-0.3, -0.25) is 0 Å². The second-order valence-corrected chi connectivity index (χ2v) is 6.48. The number of ether oxygens (including phenoxy) is 1. The Balaban J connectivity index is 1.83. The van der Waals surface area contributed by atoms with Crippen molar-refractivity contribution in [2.24, 2.45) is 4.99 Å². The van der Waals surface area contributed by atoms with Gasteiger partial charge in [-0.1, -0.05) is 36.4 Å². The van der Waals surface area contributed by atoms with Crippen LogP contribution >= 0.6 is 11.3 Å². The summed E-state index contributed by atoms with van der Waals surface area (Å²) < 4.78 is 13.5. The Bertz CT molecular complexity index is 1010. The van der Waals surface area contributed by atoms with E-state index in [9.17, 15) is 0 Å². The van der Waals surface area contributed by atoms with Gasteiger partial charge in [0.15, 0.2) is 10.6 Å². The third-order valence-electron chi connectivity index (χ3n) is 3.98. The van der Waals surface area contributed by atoms with Crippen molar-refractivity contribution in [2.75, 3.05) is 13.7 Å². The first-order valence-corrected chi connectivity index (χ1v) is 8.99. The molecule has 0 atom stereocenters. The van der Waals surface area contributed by atoms with Crippen molar-refractivity contribution in [3.8, 4) is 11.5 Å². The molecular weight excluding hydrogens is 332 g/mol. The summed E-state index contributed by atoms with van der Waals surface area (Å²) in [6, 6.07) is 20.1. The van der Waals surface area contributed by atoms with Gasteiger partial charge in [-0.15, -0.1) is 11.3 Å². The SMILES string of the molecule is COCCn1c(-c2cc3ccccc3o2)csc1=Nc1ccccc1. The second kappa shape index (κ2) is 7.09. The number of hydrogen-bond acceptors (Lipinski definition) is 4. The number of para-hydroxylation sites is 2. The summed E-state index contributed by atoms with van der Waals surface area (Å²) in [5, 5.41) is 3.19. The molecule has 0 bridgehead atoms. The van der Waals surface area contributed by atoms with E-state index < -0.39 is 0 Å². The monoisotopic (exact) mass is 350 g/mol. The van der Waals surface area contributed by atoms with Gasteiger partial charge in [0.05, 0.1) is 18.0 Å². The van der Waals surface area contributed by atoms with Crippen LogP contribution in [0, 0.1) is 0 Å². The van der Waals surface area contributed by atoms with Crippen LogP contribution in [0.4, 0.5) is 5.69 Å². The Hall–Kier alpha value is -2.63. The molecule has 0 aliphatic carbocycles. The molecule has 0 radical (unpaired) electrons. The van der Waals surface area contributed by atoms with Crippen molar-refractivity contribution in [1.82, 2.24) is 4.57 Å². The van der Waals surface area contributed by atoms with Crippen molar-refractivity contribution >= 4 is 28.0 Å². The number of aromatic nitrogens is 1. The Morgan fingerprint density at radius 2 is 1.88 bits per heavy atom. The van der Waals surface area contributed by atoms with Gasteiger partial charge in [0.2, 0.25) is 0 Å². The summed E-state index contributed by atoms with van der Waals surface area (Å²) in [4.78, 5) is 5.71. The van der Waals surface area contributed by atoms with Crippen molar-refractivity contribution in [1.29, 1.82) is 0 Å². The first-order valence-electron chi connectivity index (χ1n) is 8.11. The van der Waals surface area contributed by atoms with Gasteiger partial charge < -0.3 is 13.7 Å². The van der Waals surface area contributed by atoms with E-state index in [1.54, 1.807) is 18.4 Å². The number of rotatable bonds is 5. The van der Waals surface area contributed by atoms with Crippen LogP contribution in [-0.4, -0.2) is 18.3 Å². The third kappa shape index (κ3) is 3.29. The van der Waals surface area contributed by atoms with Crippen molar-refractivity contribution in [3.63, 3.8) is 0 Å². The van der Waals surface area contributed by atoms with Crippen LogP contribution in [0.25, 0.3) is 22.4 Å². The molecule has 4 aromatic rings. The lowest BCUT2D eigenvalue weighted by Crippen LogP contribution is -2.18. The van der Waals surface area contributed by atoms with E-state index in [0.29, 0.717) is 6.61 Å². The molecule has 2 aromatic carbocycles. The molecule has 0 fully saturated rings. The molecule has 0 amide bonds. The summed E-state index contributed by atoms with van der Waals surface area (Å²) in [6.07, 6.45) is 0. The van der Waals surface area contributed by atoms with Crippen LogP contribution in [0.15, 0.2) is 75.5 Å². The molecule has 0 unspecified atom stereocenters. The van der Waals surface area contributed by atoms with Gasteiger partial charge in [0.25, 0.3) is 0 Å². The summed E-state index contributed by atoms with van der Waals surface area (Å²) in [5.41, 5.74) is 2.85. The molecule has 4 nitrogen and oxygen atoms in total. The maximum Gasteiger partial charge on any atom is 0.190 e. The van der Waals surface area contributed by atoms with E-state index in [0.717, 1.165) is 39.5 Å². The fraction of sp³-hybridized carbons (Fsp3) is 0.150. The maximum absolute atomic E-state index is 6.04. The minimum atomic E-state index is 0.617. The Labute approximate surface area is 149 Å². The average Bonchev–Trinajstić information content (AvgIpc) is 3.24. The Morgan fingerprint density at radius 1 is 1.08 bits per heavy atom. The predicted molar refractivity (Wildman–Crippen MR) is 101 cm³/mol. The van der Waals surface area contributed by atoms with Gasteiger partial charge in [0, 0.05) is 24.4 Å². The number of thiazole rings is 1. The number of methoxy groups -OCH3 is 1. The summed E-state index contributed by atoms with van der Waals surface area (Å²) >= 11 is 1.61. The molecule has 0 spiro atoms. The third-order valence-corrected chi connectivity index (χ3v) is 4.84. The molecule has 5 heteroatoms. The number of benzene rings is 2. The molecule has 0 N–H and O–H groups in total. The quantitative estimate of drug-likeness (QED) is 0.516.